The largest absolute Gasteiger partial charge is 0.423 e. The first kappa shape index (κ1) is 28.8. The van der Waals surface area contributed by atoms with Crippen LogP contribution in [0.5, 0.6) is 23.0 Å². The van der Waals surface area contributed by atoms with E-state index >= 15 is 0 Å². The molecule has 0 aliphatic heterocycles. The Morgan fingerprint density at radius 3 is 1.18 bits per heavy atom. The fraction of sp³-hybridized carbons (Fsp3) is 0. The van der Waals surface area contributed by atoms with Crippen molar-refractivity contribution in [3.63, 3.8) is 0 Å². The van der Waals surface area contributed by atoms with Crippen LogP contribution in [0.15, 0.2) is 111 Å². The number of carbonyl (C=O) groups excluding carboxylic acids is 4. The highest BCUT2D eigenvalue weighted by Crippen LogP contribution is 2.31. The fourth-order valence-corrected chi connectivity index (χ4v) is 3.27. The summed E-state index contributed by atoms with van der Waals surface area (Å²) in [5.41, 5.74) is 2.79. The molecule has 8 heteroatoms. The molecule has 0 heterocycles. The molecule has 0 amide bonds. The SMILES string of the molecule is C=CC(=O)Oc1cc(/C=C/c2ccc(-c3cc(OC(=O)C=C)cc(OC(=O)C=C)c3)cc2)cc(OC(=O)C=C)c1. The molecule has 3 aromatic carbocycles. The number of esters is 4. The summed E-state index contributed by atoms with van der Waals surface area (Å²) >= 11 is 0. The molecule has 0 N–H and O–H groups in total. The Hall–Kier alpha value is -5.76. The number of rotatable bonds is 11. The second-order valence-electron chi connectivity index (χ2n) is 7.89. The monoisotopic (exact) mass is 536 g/mol. The van der Waals surface area contributed by atoms with E-state index in [-0.39, 0.29) is 23.0 Å². The minimum absolute atomic E-state index is 0.166. The molecule has 0 saturated heterocycles. The van der Waals surface area contributed by atoms with E-state index < -0.39 is 23.9 Å². The molecule has 3 rings (SSSR count). The highest BCUT2D eigenvalue weighted by Gasteiger charge is 2.11. The van der Waals surface area contributed by atoms with Gasteiger partial charge in [0, 0.05) is 36.4 Å². The van der Waals surface area contributed by atoms with Gasteiger partial charge >= 0.3 is 23.9 Å². The standard InChI is InChI=1S/C32H24O8/c1-5-29(33)37-25-15-22(16-26(19-25)38-30(34)6-2)10-9-21-11-13-23(14-12-21)24-17-27(39-31(35)7-3)20-28(18-24)40-32(36)8-4/h5-20H,1-4H2/b10-9+. The predicted molar refractivity (Wildman–Crippen MR) is 151 cm³/mol. The first-order chi connectivity index (χ1) is 19.2. The van der Waals surface area contributed by atoms with Crippen LogP contribution in [0.4, 0.5) is 0 Å². The summed E-state index contributed by atoms with van der Waals surface area (Å²) in [6.45, 7) is 13.5. The number of carbonyl (C=O) groups is 4. The van der Waals surface area contributed by atoms with Crippen LogP contribution in [-0.4, -0.2) is 23.9 Å². The van der Waals surface area contributed by atoms with Gasteiger partial charge in [-0.1, -0.05) is 62.7 Å². The summed E-state index contributed by atoms with van der Waals surface area (Å²) < 4.78 is 20.8. The van der Waals surface area contributed by atoms with Crippen molar-refractivity contribution in [2.75, 3.05) is 0 Å². The van der Waals surface area contributed by atoms with Gasteiger partial charge in [-0.05, 0) is 46.5 Å². The quantitative estimate of drug-likeness (QED) is 0.129. The van der Waals surface area contributed by atoms with E-state index in [2.05, 4.69) is 26.3 Å². The van der Waals surface area contributed by atoms with Gasteiger partial charge in [0.1, 0.15) is 23.0 Å². The minimum atomic E-state index is -0.663. The van der Waals surface area contributed by atoms with Gasteiger partial charge in [-0.3, -0.25) is 0 Å². The molecule has 0 fully saturated rings. The summed E-state index contributed by atoms with van der Waals surface area (Å²) in [6, 6.07) is 16.6. The molecule has 200 valence electrons. The first-order valence-electron chi connectivity index (χ1n) is 11.7. The van der Waals surface area contributed by atoms with Crippen LogP contribution < -0.4 is 18.9 Å². The molecule has 0 atom stereocenters. The third kappa shape index (κ3) is 8.39. The fourth-order valence-electron chi connectivity index (χ4n) is 3.27. The van der Waals surface area contributed by atoms with Gasteiger partial charge in [0.05, 0.1) is 0 Å². The van der Waals surface area contributed by atoms with E-state index in [1.54, 1.807) is 36.4 Å². The Morgan fingerprint density at radius 2 is 0.800 bits per heavy atom. The molecule has 0 saturated carbocycles. The molecule has 40 heavy (non-hydrogen) atoms. The van der Waals surface area contributed by atoms with Crippen LogP contribution in [0.2, 0.25) is 0 Å². The lowest BCUT2D eigenvalue weighted by Gasteiger charge is -2.10. The van der Waals surface area contributed by atoms with E-state index in [4.69, 9.17) is 18.9 Å². The second kappa shape index (κ2) is 13.7. The summed E-state index contributed by atoms with van der Waals surface area (Å²) in [7, 11) is 0. The average Bonchev–Trinajstić information content (AvgIpc) is 2.95. The smallest absolute Gasteiger partial charge is 0.335 e. The lowest BCUT2D eigenvalue weighted by atomic mass is 10.0. The molecule has 0 spiro atoms. The molecule has 0 aliphatic carbocycles. The van der Waals surface area contributed by atoms with E-state index in [0.717, 1.165) is 35.4 Å². The maximum absolute atomic E-state index is 11.7. The van der Waals surface area contributed by atoms with Crippen LogP contribution in [0.1, 0.15) is 11.1 Å². The van der Waals surface area contributed by atoms with E-state index in [1.807, 2.05) is 24.3 Å². The molecule has 8 nitrogen and oxygen atoms in total. The lowest BCUT2D eigenvalue weighted by Crippen LogP contribution is -2.06. The highest BCUT2D eigenvalue weighted by atomic mass is 16.6. The lowest BCUT2D eigenvalue weighted by molar-refractivity contribution is -0.130. The first-order valence-corrected chi connectivity index (χ1v) is 11.7. The van der Waals surface area contributed by atoms with Crippen molar-refractivity contribution in [2.24, 2.45) is 0 Å². The Bertz CT molecular complexity index is 1450. The molecule has 0 bridgehead atoms. The Kier molecular flexibility index (Phi) is 9.86. The predicted octanol–water partition coefficient (Wildman–Crippen LogP) is 5.89. The zero-order valence-electron chi connectivity index (χ0n) is 21.3. The van der Waals surface area contributed by atoms with Crippen molar-refractivity contribution in [2.45, 2.75) is 0 Å². The summed E-state index contributed by atoms with van der Waals surface area (Å²) in [5, 5.41) is 0. The van der Waals surface area contributed by atoms with Gasteiger partial charge in [-0.2, -0.15) is 0 Å². The van der Waals surface area contributed by atoms with Crippen molar-refractivity contribution in [1.82, 2.24) is 0 Å². The van der Waals surface area contributed by atoms with Crippen LogP contribution in [-0.2, 0) is 19.2 Å². The maximum Gasteiger partial charge on any atom is 0.335 e. The zero-order valence-corrected chi connectivity index (χ0v) is 21.3. The van der Waals surface area contributed by atoms with Gasteiger partial charge in [0.2, 0.25) is 0 Å². The van der Waals surface area contributed by atoms with Crippen molar-refractivity contribution in [3.05, 3.63) is 122 Å². The Balaban J connectivity index is 1.89. The normalized spacial score (nSPS) is 10.2. The third-order valence-electron chi connectivity index (χ3n) is 5.04. The van der Waals surface area contributed by atoms with Crippen LogP contribution >= 0.6 is 0 Å². The van der Waals surface area contributed by atoms with Crippen LogP contribution in [0, 0.1) is 0 Å². The minimum Gasteiger partial charge on any atom is -0.423 e. The second-order valence-corrected chi connectivity index (χ2v) is 7.89. The number of ether oxygens (including phenoxy) is 4. The molecular weight excluding hydrogens is 512 g/mol. The number of hydrogen-bond acceptors (Lipinski definition) is 8. The van der Waals surface area contributed by atoms with Gasteiger partial charge in [0.15, 0.2) is 0 Å². The Labute approximate surface area is 230 Å². The van der Waals surface area contributed by atoms with E-state index in [9.17, 15) is 19.2 Å². The van der Waals surface area contributed by atoms with Crippen LogP contribution in [0.3, 0.4) is 0 Å². The van der Waals surface area contributed by atoms with Gasteiger partial charge < -0.3 is 18.9 Å². The number of benzene rings is 3. The topological polar surface area (TPSA) is 105 Å². The van der Waals surface area contributed by atoms with Gasteiger partial charge in [0.25, 0.3) is 0 Å². The molecule has 0 unspecified atom stereocenters. The Morgan fingerprint density at radius 1 is 0.450 bits per heavy atom. The van der Waals surface area contributed by atoms with E-state index in [1.165, 1.54) is 12.1 Å². The van der Waals surface area contributed by atoms with Crippen molar-refractivity contribution in [1.29, 1.82) is 0 Å². The van der Waals surface area contributed by atoms with Crippen molar-refractivity contribution in [3.8, 4) is 34.1 Å². The van der Waals surface area contributed by atoms with Crippen molar-refractivity contribution >= 4 is 36.0 Å². The van der Waals surface area contributed by atoms with Gasteiger partial charge in [-0.15, -0.1) is 0 Å². The summed E-state index contributed by atoms with van der Waals surface area (Å²) in [6.07, 6.45) is 7.63. The highest BCUT2D eigenvalue weighted by molar-refractivity contribution is 5.86. The van der Waals surface area contributed by atoms with Crippen molar-refractivity contribution < 1.29 is 38.1 Å². The third-order valence-corrected chi connectivity index (χ3v) is 5.04. The summed E-state index contributed by atoms with van der Waals surface area (Å²) in [4.78, 5) is 46.7. The molecule has 3 aromatic rings. The molecule has 0 aliphatic rings. The van der Waals surface area contributed by atoms with E-state index in [0.29, 0.717) is 11.1 Å². The zero-order chi connectivity index (χ0) is 29.1. The molecule has 0 radical (unpaired) electrons. The number of hydrogen-bond donors (Lipinski definition) is 0. The van der Waals surface area contributed by atoms with Gasteiger partial charge in [-0.25, -0.2) is 19.2 Å². The van der Waals surface area contributed by atoms with Crippen LogP contribution in [0.25, 0.3) is 23.3 Å². The maximum atomic E-state index is 11.7. The summed E-state index contributed by atoms with van der Waals surface area (Å²) in [5.74, 6) is -1.98. The molecule has 0 aromatic heterocycles. The molecular formula is C32H24O8. The average molecular weight is 537 g/mol.